The zero-order valence-electron chi connectivity index (χ0n) is 15.8. The van der Waals surface area contributed by atoms with Crippen LogP contribution in [-0.2, 0) is 12.8 Å². The molecule has 0 radical (unpaired) electrons. The molecular weight excluding hydrogens is 431 g/mol. The molecule has 31 heavy (non-hydrogen) atoms. The summed E-state index contributed by atoms with van der Waals surface area (Å²) in [6.45, 7) is -0.300. The van der Waals surface area contributed by atoms with Gasteiger partial charge in [0.1, 0.15) is 0 Å². The van der Waals surface area contributed by atoms with Crippen molar-refractivity contribution in [3.8, 4) is 5.69 Å². The molecule has 0 fully saturated rings. The molecule has 0 saturated heterocycles. The molecule has 4 rings (SSSR count). The summed E-state index contributed by atoms with van der Waals surface area (Å²) in [5.74, 6) is -1.47. The Bertz CT molecular complexity index is 1270. The molecule has 0 saturated carbocycles. The molecule has 1 aromatic heterocycles. The third kappa shape index (κ3) is 4.26. The van der Waals surface area contributed by atoms with E-state index in [1.54, 1.807) is 24.3 Å². The number of carbonyl (C=O) groups is 1. The standard InChI is InChI=1S/C22H15ClF3N3O2/c23-15-3-1-2-14(11-15)20(31)27-16-5-7-17(8-6-16)29-19-9-4-13(12-30)10-18(19)28-21(29)22(24,25)26/h1-11,30H,12H2,(H,27,31). The van der Waals surface area contributed by atoms with Crippen LogP contribution in [0.15, 0.2) is 66.7 Å². The number of rotatable bonds is 4. The molecule has 9 heteroatoms. The molecule has 0 aliphatic carbocycles. The van der Waals surface area contributed by atoms with E-state index in [2.05, 4.69) is 10.3 Å². The van der Waals surface area contributed by atoms with Crippen molar-refractivity contribution in [2.45, 2.75) is 12.8 Å². The van der Waals surface area contributed by atoms with Crippen LogP contribution < -0.4 is 5.32 Å². The lowest BCUT2D eigenvalue weighted by atomic mass is 10.2. The maximum Gasteiger partial charge on any atom is 0.450 e. The van der Waals surface area contributed by atoms with Gasteiger partial charge in [0.05, 0.1) is 17.6 Å². The van der Waals surface area contributed by atoms with Crippen LogP contribution in [0.2, 0.25) is 5.02 Å². The summed E-state index contributed by atoms with van der Waals surface area (Å²) >= 11 is 5.89. The maximum atomic E-state index is 13.6. The lowest BCUT2D eigenvalue weighted by Gasteiger charge is -2.12. The number of aliphatic hydroxyl groups is 1. The first-order valence-corrected chi connectivity index (χ1v) is 9.51. The van der Waals surface area contributed by atoms with Crippen molar-refractivity contribution in [2.75, 3.05) is 5.32 Å². The Balaban J connectivity index is 1.69. The molecular formula is C22H15ClF3N3O2. The first-order chi connectivity index (χ1) is 14.8. The average Bonchev–Trinajstić information content (AvgIpc) is 3.13. The largest absolute Gasteiger partial charge is 0.450 e. The number of carbonyl (C=O) groups excluding carboxylic acids is 1. The number of hydrogen-bond donors (Lipinski definition) is 2. The number of nitrogens with zero attached hydrogens (tertiary/aromatic N) is 2. The van der Waals surface area contributed by atoms with E-state index in [0.717, 1.165) is 4.57 Å². The van der Waals surface area contributed by atoms with Gasteiger partial charge >= 0.3 is 6.18 Å². The number of imidazole rings is 1. The number of fused-ring (bicyclic) bond motifs is 1. The zero-order chi connectivity index (χ0) is 22.2. The van der Waals surface area contributed by atoms with Gasteiger partial charge in [0, 0.05) is 22.0 Å². The first kappa shape index (κ1) is 20.9. The highest BCUT2D eigenvalue weighted by Gasteiger charge is 2.38. The van der Waals surface area contributed by atoms with Gasteiger partial charge < -0.3 is 10.4 Å². The van der Waals surface area contributed by atoms with Crippen molar-refractivity contribution in [3.63, 3.8) is 0 Å². The number of nitrogens with one attached hydrogen (secondary N) is 1. The quantitative estimate of drug-likeness (QED) is 0.439. The summed E-state index contributed by atoms with van der Waals surface area (Å²) in [6, 6.07) is 16.8. The number of aliphatic hydroxyl groups excluding tert-OH is 1. The topological polar surface area (TPSA) is 67.2 Å². The van der Waals surface area contributed by atoms with Gasteiger partial charge in [0.15, 0.2) is 0 Å². The second-order valence-electron chi connectivity index (χ2n) is 6.76. The fourth-order valence-electron chi connectivity index (χ4n) is 3.20. The Morgan fingerprint density at radius 3 is 2.45 bits per heavy atom. The minimum atomic E-state index is -4.68. The number of aromatic nitrogens is 2. The SMILES string of the molecule is O=C(Nc1ccc(-n2c(C(F)(F)F)nc3cc(CO)ccc32)cc1)c1cccc(Cl)c1. The van der Waals surface area contributed by atoms with Crippen LogP contribution in [0.4, 0.5) is 18.9 Å². The highest BCUT2D eigenvalue weighted by Crippen LogP contribution is 2.34. The summed E-state index contributed by atoms with van der Waals surface area (Å²) in [4.78, 5) is 16.1. The van der Waals surface area contributed by atoms with E-state index in [-0.39, 0.29) is 23.3 Å². The van der Waals surface area contributed by atoms with Crippen molar-refractivity contribution in [1.82, 2.24) is 9.55 Å². The van der Waals surface area contributed by atoms with Crippen LogP contribution in [0.3, 0.4) is 0 Å². The van der Waals surface area contributed by atoms with Crippen molar-refractivity contribution >= 4 is 34.2 Å². The number of hydrogen-bond acceptors (Lipinski definition) is 3. The van der Waals surface area contributed by atoms with Crippen molar-refractivity contribution in [2.24, 2.45) is 0 Å². The zero-order valence-corrected chi connectivity index (χ0v) is 16.6. The lowest BCUT2D eigenvalue weighted by Crippen LogP contribution is -2.14. The minimum Gasteiger partial charge on any atom is -0.392 e. The molecule has 2 N–H and O–H groups in total. The van der Waals surface area contributed by atoms with Crippen molar-refractivity contribution in [1.29, 1.82) is 0 Å². The van der Waals surface area contributed by atoms with E-state index in [1.807, 2.05) is 0 Å². The molecule has 1 heterocycles. The van der Waals surface area contributed by atoms with Crippen LogP contribution in [0.25, 0.3) is 16.7 Å². The molecule has 4 aromatic rings. The van der Waals surface area contributed by atoms with Gasteiger partial charge in [-0.05, 0) is 60.2 Å². The van der Waals surface area contributed by atoms with Crippen LogP contribution in [0, 0.1) is 0 Å². The molecule has 0 bridgehead atoms. The smallest absolute Gasteiger partial charge is 0.392 e. The Kier molecular flexibility index (Phi) is 5.43. The monoisotopic (exact) mass is 445 g/mol. The van der Waals surface area contributed by atoms with Crippen LogP contribution in [-0.4, -0.2) is 20.6 Å². The van der Waals surface area contributed by atoms with Crippen molar-refractivity contribution < 1.29 is 23.1 Å². The van der Waals surface area contributed by atoms with Gasteiger partial charge in [0.2, 0.25) is 5.82 Å². The Labute approximate surface area is 179 Å². The van der Waals surface area contributed by atoms with Crippen molar-refractivity contribution in [3.05, 3.63) is 88.7 Å². The number of anilines is 1. The van der Waals surface area contributed by atoms with E-state index in [9.17, 15) is 23.1 Å². The van der Waals surface area contributed by atoms with Gasteiger partial charge in [-0.15, -0.1) is 0 Å². The predicted molar refractivity (Wildman–Crippen MR) is 111 cm³/mol. The van der Waals surface area contributed by atoms with Gasteiger partial charge in [-0.2, -0.15) is 13.2 Å². The second-order valence-corrected chi connectivity index (χ2v) is 7.20. The van der Waals surface area contributed by atoms with Gasteiger partial charge in [0.25, 0.3) is 5.91 Å². The summed E-state index contributed by atoms with van der Waals surface area (Å²) in [6.07, 6.45) is -4.68. The average molecular weight is 446 g/mol. The molecule has 5 nitrogen and oxygen atoms in total. The van der Waals surface area contributed by atoms with E-state index in [1.165, 1.54) is 42.5 Å². The van der Waals surface area contributed by atoms with Crippen LogP contribution >= 0.6 is 11.6 Å². The molecule has 0 aliphatic heterocycles. The van der Waals surface area contributed by atoms with Gasteiger partial charge in [-0.3, -0.25) is 9.36 Å². The number of alkyl halides is 3. The fourth-order valence-corrected chi connectivity index (χ4v) is 3.39. The summed E-state index contributed by atoms with van der Waals surface area (Å²) < 4.78 is 41.9. The molecule has 3 aromatic carbocycles. The highest BCUT2D eigenvalue weighted by atomic mass is 35.5. The Morgan fingerprint density at radius 1 is 1.06 bits per heavy atom. The molecule has 0 spiro atoms. The number of amides is 1. The molecule has 158 valence electrons. The second kappa shape index (κ2) is 8.05. The normalized spacial score (nSPS) is 11.6. The van der Waals surface area contributed by atoms with Crippen LogP contribution in [0.5, 0.6) is 0 Å². The molecule has 0 unspecified atom stereocenters. The highest BCUT2D eigenvalue weighted by molar-refractivity contribution is 6.31. The third-order valence-corrected chi connectivity index (χ3v) is 4.86. The van der Waals surface area contributed by atoms with E-state index in [4.69, 9.17) is 11.6 Å². The third-order valence-electron chi connectivity index (χ3n) is 4.63. The van der Waals surface area contributed by atoms with E-state index < -0.39 is 17.9 Å². The predicted octanol–water partition coefficient (Wildman–Crippen LogP) is 5.44. The van der Waals surface area contributed by atoms with Gasteiger partial charge in [-0.1, -0.05) is 23.7 Å². The summed E-state index contributed by atoms with van der Waals surface area (Å²) in [5.41, 5.74) is 1.83. The molecule has 0 atom stereocenters. The Morgan fingerprint density at radius 2 is 1.81 bits per heavy atom. The maximum absolute atomic E-state index is 13.6. The lowest BCUT2D eigenvalue weighted by molar-refractivity contribution is -0.145. The molecule has 1 amide bonds. The first-order valence-electron chi connectivity index (χ1n) is 9.13. The number of benzene rings is 3. The fraction of sp³-hybridized carbons (Fsp3) is 0.0909. The molecule has 0 aliphatic rings. The summed E-state index contributed by atoms with van der Waals surface area (Å²) in [5, 5.41) is 12.3. The summed E-state index contributed by atoms with van der Waals surface area (Å²) in [7, 11) is 0. The Hall–Kier alpha value is -3.36. The van der Waals surface area contributed by atoms with E-state index >= 15 is 0 Å². The minimum absolute atomic E-state index is 0.122. The van der Waals surface area contributed by atoms with E-state index in [0.29, 0.717) is 21.8 Å². The number of halogens is 4. The van der Waals surface area contributed by atoms with Crippen LogP contribution in [0.1, 0.15) is 21.7 Å². The van der Waals surface area contributed by atoms with Gasteiger partial charge in [-0.25, -0.2) is 4.98 Å².